The van der Waals surface area contributed by atoms with Gasteiger partial charge in [-0.05, 0) is 66.1 Å². The summed E-state index contributed by atoms with van der Waals surface area (Å²) in [6, 6.07) is 23.3. The summed E-state index contributed by atoms with van der Waals surface area (Å²) in [5.74, 6) is -2.58. The van der Waals surface area contributed by atoms with Crippen LogP contribution in [0.5, 0.6) is 35.0 Å². The molecule has 0 saturated heterocycles. The minimum Gasteiger partial charge on any atom is -0.494 e. The van der Waals surface area contributed by atoms with Crippen molar-refractivity contribution in [1.29, 1.82) is 0 Å². The molecule has 0 saturated carbocycles. The first-order valence-corrected chi connectivity index (χ1v) is 18.8. The average molecular weight is 837 g/mol. The number of aromatic nitrogens is 2. The van der Waals surface area contributed by atoms with Gasteiger partial charge in [-0.15, -0.1) is 0 Å². The molecule has 0 aliphatic heterocycles. The number of hydrogen-bond donors (Lipinski definition) is 4. The number of alkyl halides is 6. The number of fused-ring (bicyclic) bond motifs is 3. The van der Waals surface area contributed by atoms with E-state index in [9.17, 15) is 20.4 Å². The van der Waals surface area contributed by atoms with Gasteiger partial charge in [-0.25, -0.2) is 4.57 Å². The quantitative estimate of drug-likeness (QED) is 0.0852. The van der Waals surface area contributed by atoms with Crippen LogP contribution in [0.25, 0.3) is 16.8 Å². The fourth-order valence-corrected chi connectivity index (χ4v) is 7.86. The monoisotopic (exact) mass is 836 g/mol. The molecule has 0 atom stereocenters. The second kappa shape index (κ2) is 15.5. The summed E-state index contributed by atoms with van der Waals surface area (Å²) in [7, 11) is 4.92. The van der Waals surface area contributed by atoms with Crippen LogP contribution < -0.4 is 19.3 Å². The molecule has 4 N–H and O–H groups in total. The van der Waals surface area contributed by atoms with Gasteiger partial charge in [0, 0.05) is 50.1 Å². The van der Waals surface area contributed by atoms with Gasteiger partial charge in [0.15, 0.2) is 5.88 Å². The van der Waals surface area contributed by atoms with Crippen LogP contribution in [0.1, 0.15) is 27.8 Å². The first-order valence-electron chi connectivity index (χ1n) is 18.8. The molecule has 1 aliphatic carbocycles. The molecule has 2 heterocycles. The normalized spacial score (nSPS) is 12.6. The van der Waals surface area contributed by atoms with E-state index >= 15 is 26.3 Å². The van der Waals surface area contributed by atoms with Crippen LogP contribution in [0.3, 0.4) is 0 Å². The van der Waals surface area contributed by atoms with Crippen LogP contribution in [0, 0.1) is 6.92 Å². The standard InChI is InChI=1S/C44H42F6N4O6/c1-26-23-27(15-17-34(26)59-21-19-51(2)29-11-7-5-8-12-29)42(43(45,46)47,44(48,49)50)28-16-18-35(60-22-20-52(3)30-13-9-6-10-14-30)33(24-28)54-39(56)32-25-31-36(37(32)41(54)58)40(57)53(4)38(31)55/h5-18,23-24,55-58H,19-22,25H2,1-4H3. The van der Waals surface area contributed by atoms with Crippen molar-refractivity contribution in [2.24, 2.45) is 7.05 Å². The number of aryl methyl sites for hydroxylation is 1. The lowest BCUT2D eigenvalue weighted by Crippen LogP contribution is -2.54. The lowest BCUT2D eigenvalue weighted by Gasteiger charge is -2.39. The van der Waals surface area contributed by atoms with E-state index in [2.05, 4.69) is 0 Å². The highest BCUT2D eigenvalue weighted by Crippen LogP contribution is 2.59. The third-order valence-electron chi connectivity index (χ3n) is 11.1. The Morgan fingerprint density at radius 3 is 1.58 bits per heavy atom. The van der Waals surface area contributed by atoms with Crippen molar-refractivity contribution in [2.75, 3.05) is 50.2 Å². The van der Waals surface area contributed by atoms with E-state index in [0.29, 0.717) is 23.2 Å². The first kappa shape index (κ1) is 41.6. The zero-order chi connectivity index (χ0) is 43.3. The van der Waals surface area contributed by atoms with Crippen molar-refractivity contribution in [3.63, 3.8) is 0 Å². The summed E-state index contributed by atoms with van der Waals surface area (Å²) >= 11 is 0. The zero-order valence-corrected chi connectivity index (χ0v) is 32.9. The number of nitrogens with zero attached hydrogens (tertiary/aromatic N) is 4. The number of anilines is 2. The van der Waals surface area contributed by atoms with E-state index in [-0.39, 0.29) is 71.4 Å². The van der Waals surface area contributed by atoms with E-state index in [1.165, 1.54) is 14.0 Å². The Kier molecular flexibility index (Phi) is 10.8. The molecule has 4 aromatic carbocycles. The Morgan fingerprint density at radius 1 is 0.600 bits per heavy atom. The maximum atomic E-state index is 15.6. The molecule has 2 aromatic heterocycles. The molecule has 0 radical (unpaired) electrons. The molecule has 0 fully saturated rings. The lowest BCUT2D eigenvalue weighted by atomic mass is 9.72. The SMILES string of the molecule is Cc1cc(C(c2ccc(OCCN(C)c3ccccc3)c(-n3c(O)c4c(c3O)-c3c(c(O)n(C)c3O)C4)c2)(C(F)(F)F)C(F)(F)F)ccc1OCCN(C)c1ccccc1. The zero-order valence-electron chi connectivity index (χ0n) is 32.9. The summed E-state index contributed by atoms with van der Waals surface area (Å²) in [5.41, 5.74) is -5.96. The fraction of sp³-hybridized carbons (Fsp3) is 0.273. The van der Waals surface area contributed by atoms with Gasteiger partial charge < -0.3 is 39.7 Å². The van der Waals surface area contributed by atoms with Gasteiger partial charge in [0.25, 0.3) is 0 Å². The van der Waals surface area contributed by atoms with E-state index in [1.807, 2.05) is 77.5 Å². The topological polar surface area (TPSA) is 116 Å². The van der Waals surface area contributed by atoms with Gasteiger partial charge in [0.05, 0.1) is 29.9 Å². The Balaban J connectivity index is 1.32. The van der Waals surface area contributed by atoms with Crippen LogP contribution in [0.15, 0.2) is 97.1 Å². The molecule has 6 aromatic rings. The second-order valence-electron chi connectivity index (χ2n) is 14.7. The molecule has 0 spiro atoms. The van der Waals surface area contributed by atoms with Gasteiger partial charge in [-0.3, -0.25) is 4.57 Å². The highest BCUT2D eigenvalue weighted by atomic mass is 19.4. The molecule has 0 unspecified atom stereocenters. The maximum absolute atomic E-state index is 15.6. The van der Waals surface area contributed by atoms with E-state index in [0.717, 1.165) is 40.2 Å². The summed E-state index contributed by atoms with van der Waals surface area (Å²) in [6.45, 7) is 1.90. The Hall–Kier alpha value is -6.58. The van der Waals surface area contributed by atoms with Crippen molar-refractivity contribution >= 4 is 11.4 Å². The minimum atomic E-state index is -5.98. The molecule has 10 nitrogen and oxygen atoms in total. The number of hydrogen-bond acceptors (Lipinski definition) is 8. The number of halogens is 6. The Morgan fingerprint density at radius 2 is 1.07 bits per heavy atom. The molecule has 316 valence electrons. The van der Waals surface area contributed by atoms with Gasteiger partial charge in [0.1, 0.15) is 24.7 Å². The Bertz CT molecular complexity index is 2500. The molecule has 60 heavy (non-hydrogen) atoms. The predicted molar refractivity (Wildman–Crippen MR) is 214 cm³/mol. The third-order valence-corrected chi connectivity index (χ3v) is 11.1. The van der Waals surface area contributed by atoms with Crippen molar-refractivity contribution < 1.29 is 56.2 Å². The van der Waals surface area contributed by atoms with Crippen molar-refractivity contribution in [3.8, 4) is 51.8 Å². The number of benzene rings is 4. The second-order valence-corrected chi connectivity index (χ2v) is 14.7. The minimum absolute atomic E-state index is 0.0225. The summed E-state index contributed by atoms with van der Waals surface area (Å²) in [5, 5.41) is 44.7. The maximum Gasteiger partial charge on any atom is 0.411 e. The van der Waals surface area contributed by atoms with E-state index < -0.39 is 52.2 Å². The highest BCUT2D eigenvalue weighted by Gasteiger charge is 2.72. The molecule has 1 aliphatic rings. The summed E-state index contributed by atoms with van der Waals surface area (Å²) in [6.07, 6.45) is -12.2. The van der Waals surface area contributed by atoms with Crippen molar-refractivity contribution in [2.45, 2.75) is 31.1 Å². The molecular weight excluding hydrogens is 794 g/mol. The van der Waals surface area contributed by atoms with Gasteiger partial charge in [0.2, 0.25) is 23.1 Å². The largest absolute Gasteiger partial charge is 0.494 e. The van der Waals surface area contributed by atoms with Crippen LogP contribution >= 0.6 is 0 Å². The summed E-state index contributed by atoms with van der Waals surface area (Å²) < 4.78 is 107. The van der Waals surface area contributed by atoms with Crippen LogP contribution in [0.2, 0.25) is 0 Å². The number of aromatic hydroxyl groups is 4. The predicted octanol–water partition coefficient (Wildman–Crippen LogP) is 8.96. The van der Waals surface area contributed by atoms with E-state index in [1.54, 1.807) is 7.05 Å². The first-order chi connectivity index (χ1) is 28.4. The van der Waals surface area contributed by atoms with Crippen molar-refractivity contribution in [3.05, 3.63) is 125 Å². The van der Waals surface area contributed by atoms with E-state index in [4.69, 9.17) is 9.47 Å². The van der Waals surface area contributed by atoms with Crippen LogP contribution in [0.4, 0.5) is 37.7 Å². The molecular formula is C44H42F6N4O6. The van der Waals surface area contributed by atoms with Gasteiger partial charge in [-0.1, -0.05) is 54.6 Å². The Labute approximate surface area is 341 Å². The third kappa shape index (κ3) is 6.92. The number of likely N-dealkylation sites (N-methyl/N-ethyl adjacent to an activating group) is 2. The molecule has 0 bridgehead atoms. The number of ether oxygens (including phenoxy) is 2. The lowest BCUT2D eigenvalue weighted by molar-refractivity contribution is -0.288. The highest BCUT2D eigenvalue weighted by molar-refractivity contribution is 5.89. The van der Waals surface area contributed by atoms with Crippen LogP contribution in [-0.4, -0.2) is 82.3 Å². The van der Waals surface area contributed by atoms with Gasteiger partial charge >= 0.3 is 12.4 Å². The van der Waals surface area contributed by atoms with Crippen molar-refractivity contribution in [1.82, 2.24) is 9.13 Å². The number of rotatable bonds is 13. The molecule has 16 heteroatoms. The number of para-hydroxylation sites is 2. The van der Waals surface area contributed by atoms with Crippen LogP contribution in [-0.2, 0) is 18.9 Å². The average Bonchev–Trinajstić information content (AvgIpc) is 3.79. The smallest absolute Gasteiger partial charge is 0.411 e. The molecule has 7 rings (SSSR count). The molecule has 0 amide bonds. The fourth-order valence-electron chi connectivity index (χ4n) is 7.86. The van der Waals surface area contributed by atoms with Gasteiger partial charge in [-0.2, -0.15) is 26.3 Å². The summed E-state index contributed by atoms with van der Waals surface area (Å²) in [4.78, 5) is 3.70.